The molecule has 3 heteroatoms. The molecular formula is C23H16ClNO. The van der Waals surface area contributed by atoms with Gasteiger partial charge in [0.25, 0.3) is 0 Å². The van der Waals surface area contributed by atoms with E-state index in [1.165, 1.54) is 0 Å². The van der Waals surface area contributed by atoms with Crippen molar-refractivity contribution < 1.29 is 4.74 Å². The number of ether oxygens (including phenoxy) is 1. The molecule has 0 aliphatic carbocycles. The molecule has 0 saturated carbocycles. The van der Waals surface area contributed by atoms with Crippen molar-refractivity contribution in [3.63, 3.8) is 0 Å². The standard InChI is InChI=1S/C23H16ClNO/c24-21-13-11-17(12-14-21)22-18(16-25)15-23(26-22,19-7-3-1-4-8-19)20-9-5-2-6-10-20/h1-14H,15H2. The van der Waals surface area contributed by atoms with Crippen LogP contribution in [0.5, 0.6) is 0 Å². The lowest BCUT2D eigenvalue weighted by Crippen LogP contribution is -2.27. The second-order valence-corrected chi connectivity index (χ2v) is 6.70. The summed E-state index contributed by atoms with van der Waals surface area (Å²) in [7, 11) is 0. The number of hydrogen-bond donors (Lipinski definition) is 0. The lowest BCUT2D eigenvalue weighted by Gasteiger charge is -2.31. The highest BCUT2D eigenvalue weighted by Gasteiger charge is 2.44. The highest BCUT2D eigenvalue weighted by Crippen LogP contribution is 2.49. The van der Waals surface area contributed by atoms with E-state index in [0.29, 0.717) is 22.8 Å². The van der Waals surface area contributed by atoms with Crippen LogP contribution in [-0.4, -0.2) is 0 Å². The van der Waals surface area contributed by atoms with Gasteiger partial charge in [0.2, 0.25) is 0 Å². The monoisotopic (exact) mass is 357 g/mol. The Morgan fingerprint density at radius 2 is 1.35 bits per heavy atom. The van der Waals surface area contributed by atoms with Gasteiger partial charge in [-0.15, -0.1) is 0 Å². The lowest BCUT2D eigenvalue weighted by molar-refractivity contribution is 0.101. The smallest absolute Gasteiger partial charge is 0.164 e. The van der Waals surface area contributed by atoms with Gasteiger partial charge in [-0.3, -0.25) is 0 Å². The topological polar surface area (TPSA) is 33.0 Å². The van der Waals surface area contributed by atoms with Gasteiger partial charge in [0.05, 0.1) is 11.6 Å². The van der Waals surface area contributed by atoms with E-state index in [1.807, 2.05) is 84.9 Å². The van der Waals surface area contributed by atoms with Crippen LogP contribution in [0.2, 0.25) is 5.02 Å². The van der Waals surface area contributed by atoms with Gasteiger partial charge in [0, 0.05) is 28.1 Å². The number of rotatable bonds is 3. The fourth-order valence-electron chi connectivity index (χ4n) is 3.43. The fourth-order valence-corrected chi connectivity index (χ4v) is 3.56. The molecule has 3 aromatic carbocycles. The molecule has 0 spiro atoms. The molecular weight excluding hydrogens is 342 g/mol. The molecule has 1 aliphatic heterocycles. The predicted molar refractivity (Wildman–Crippen MR) is 103 cm³/mol. The maximum absolute atomic E-state index is 9.76. The number of halogens is 1. The SMILES string of the molecule is N#CC1=C(c2ccc(Cl)cc2)OC(c2ccccc2)(c2ccccc2)C1. The van der Waals surface area contributed by atoms with E-state index in [2.05, 4.69) is 6.07 Å². The van der Waals surface area contributed by atoms with Crippen molar-refractivity contribution in [2.24, 2.45) is 0 Å². The largest absolute Gasteiger partial charge is 0.476 e. The van der Waals surface area contributed by atoms with Crippen molar-refractivity contribution in [1.29, 1.82) is 5.26 Å². The minimum Gasteiger partial charge on any atom is -0.476 e. The van der Waals surface area contributed by atoms with Gasteiger partial charge in [-0.25, -0.2) is 0 Å². The normalized spacial score (nSPS) is 15.4. The first-order valence-corrected chi connectivity index (χ1v) is 8.80. The van der Waals surface area contributed by atoms with Crippen LogP contribution in [0.4, 0.5) is 0 Å². The van der Waals surface area contributed by atoms with Crippen molar-refractivity contribution in [2.75, 3.05) is 0 Å². The minimum absolute atomic E-state index is 0.496. The van der Waals surface area contributed by atoms with E-state index in [1.54, 1.807) is 0 Å². The molecule has 2 nitrogen and oxygen atoms in total. The first kappa shape index (κ1) is 16.4. The first-order valence-electron chi connectivity index (χ1n) is 8.42. The Labute approximate surface area is 157 Å². The lowest BCUT2D eigenvalue weighted by atomic mass is 9.82. The van der Waals surface area contributed by atoms with E-state index >= 15 is 0 Å². The molecule has 1 heterocycles. The van der Waals surface area contributed by atoms with Crippen LogP contribution in [0, 0.1) is 11.3 Å². The molecule has 0 radical (unpaired) electrons. The van der Waals surface area contributed by atoms with Gasteiger partial charge in [0.15, 0.2) is 5.60 Å². The Hall–Kier alpha value is -3.02. The zero-order chi connectivity index (χ0) is 18.0. The van der Waals surface area contributed by atoms with Crippen LogP contribution in [0.1, 0.15) is 23.1 Å². The zero-order valence-corrected chi connectivity index (χ0v) is 14.8. The van der Waals surface area contributed by atoms with E-state index in [-0.39, 0.29) is 0 Å². The molecule has 0 amide bonds. The van der Waals surface area contributed by atoms with Crippen LogP contribution in [0.3, 0.4) is 0 Å². The molecule has 126 valence electrons. The average Bonchev–Trinajstić information content (AvgIpc) is 3.11. The molecule has 0 saturated heterocycles. The maximum atomic E-state index is 9.76. The Morgan fingerprint density at radius 3 is 1.85 bits per heavy atom. The third kappa shape index (κ3) is 2.77. The summed E-state index contributed by atoms with van der Waals surface area (Å²) in [6, 6.07) is 29.9. The molecule has 0 bridgehead atoms. The Bertz CT molecular complexity index is 946. The summed E-state index contributed by atoms with van der Waals surface area (Å²) < 4.78 is 6.56. The minimum atomic E-state index is -0.706. The molecule has 0 aromatic heterocycles. The second-order valence-electron chi connectivity index (χ2n) is 6.26. The van der Waals surface area contributed by atoms with E-state index in [4.69, 9.17) is 16.3 Å². The fraction of sp³-hybridized carbons (Fsp3) is 0.0870. The third-order valence-corrected chi connectivity index (χ3v) is 4.95. The molecule has 0 fully saturated rings. The predicted octanol–water partition coefficient (Wildman–Crippen LogP) is 5.94. The molecule has 0 atom stereocenters. The van der Waals surface area contributed by atoms with Crippen molar-refractivity contribution in [3.8, 4) is 6.07 Å². The van der Waals surface area contributed by atoms with Crippen molar-refractivity contribution in [3.05, 3.63) is 112 Å². The molecule has 0 unspecified atom stereocenters. The summed E-state index contributed by atoms with van der Waals surface area (Å²) in [6.07, 6.45) is 0.496. The first-order chi connectivity index (χ1) is 12.7. The molecule has 3 aromatic rings. The number of hydrogen-bond acceptors (Lipinski definition) is 2. The van der Waals surface area contributed by atoms with Crippen LogP contribution in [0.15, 0.2) is 90.5 Å². The molecule has 1 aliphatic rings. The van der Waals surface area contributed by atoms with Crippen LogP contribution < -0.4 is 0 Å². The van der Waals surface area contributed by atoms with E-state index in [9.17, 15) is 5.26 Å². The van der Waals surface area contributed by atoms with Gasteiger partial charge in [-0.05, 0) is 24.3 Å². The van der Waals surface area contributed by atoms with Gasteiger partial charge >= 0.3 is 0 Å². The van der Waals surface area contributed by atoms with Crippen molar-refractivity contribution >= 4 is 17.4 Å². The molecule has 4 rings (SSSR count). The van der Waals surface area contributed by atoms with E-state index in [0.717, 1.165) is 16.7 Å². The van der Waals surface area contributed by atoms with Gasteiger partial charge in [-0.2, -0.15) is 5.26 Å². The second kappa shape index (κ2) is 6.71. The Balaban J connectivity index is 1.86. The Kier molecular flexibility index (Phi) is 4.24. The van der Waals surface area contributed by atoms with E-state index < -0.39 is 5.60 Å². The average molecular weight is 358 g/mol. The van der Waals surface area contributed by atoms with Gasteiger partial charge < -0.3 is 4.74 Å². The van der Waals surface area contributed by atoms with Crippen LogP contribution >= 0.6 is 11.6 Å². The summed E-state index contributed by atoms with van der Waals surface area (Å²) in [5, 5.41) is 10.4. The van der Waals surface area contributed by atoms with Crippen molar-refractivity contribution in [1.82, 2.24) is 0 Å². The summed E-state index contributed by atoms with van der Waals surface area (Å²) >= 11 is 6.01. The summed E-state index contributed by atoms with van der Waals surface area (Å²) in [6.45, 7) is 0. The molecule has 26 heavy (non-hydrogen) atoms. The maximum Gasteiger partial charge on any atom is 0.164 e. The summed E-state index contributed by atoms with van der Waals surface area (Å²) in [5.41, 5.74) is 2.85. The summed E-state index contributed by atoms with van der Waals surface area (Å²) in [4.78, 5) is 0. The quantitative estimate of drug-likeness (QED) is 0.581. The summed E-state index contributed by atoms with van der Waals surface area (Å²) in [5.74, 6) is 0.622. The van der Waals surface area contributed by atoms with Gasteiger partial charge in [-0.1, -0.05) is 72.3 Å². The van der Waals surface area contributed by atoms with Crippen LogP contribution in [0.25, 0.3) is 5.76 Å². The van der Waals surface area contributed by atoms with Gasteiger partial charge in [0.1, 0.15) is 5.76 Å². The highest BCUT2D eigenvalue weighted by molar-refractivity contribution is 6.30. The third-order valence-electron chi connectivity index (χ3n) is 4.70. The number of nitrogens with zero attached hydrogens (tertiary/aromatic N) is 1. The number of nitriles is 1. The molecule has 0 N–H and O–H groups in total. The number of benzene rings is 3. The van der Waals surface area contributed by atoms with Crippen LogP contribution in [-0.2, 0) is 10.3 Å². The Morgan fingerprint density at radius 1 is 0.808 bits per heavy atom. The van der Waals surface area contributed by atoms with Crippen molar-refractivity contribution in [2.45, 2.75) is 12.0 Å². The highest BCUT2D eigenvalue weighted by atomic mass is 35.5. The zero-order valence-electron chi connectivity index (χ0n) is 14.0.